The summed E-state index contributed by atoms with van der Waals surface area (Å²) in [6.45, 7) is 1.29. The Hall–Kier alpha value is -0.660. The summed E-state index contributed by atoms with van der Waals surface area (Å²) in [5, 5.41) is 51.8. The predicted octanol–water partition coefficient (Wildman–Crippen LogP) is -3.29. The average molecular weight is 319 g/mol. The summed E-state index contributed by atoms with van der Waals surface area (Å²) in [7, 11) is 0. The third-order valence-corrected chi connectivity index (χ3v) is 2.25. The van der Waals surface area contributed by atoms with Crippen molar-refractivity contribution in [1.82, 2.24) is 0 Å². The lowest BCUT2D eigenvalue weighted by Gasteiger charge is -2.23. The summed E-state index contributed by atoms with van der Waals surface area (Å²) < 4.78 is 23.2. The van der Waals surface area contributed by atoms with Crippen LogP contribution in [0.2, 0.25) is 0 Å². The second kappa shape index (κ2) is 12.1. The lowest BCUT2D eigenvalue weighted by atomic mass is 10.0. The highest BCUT2D eigenvalue weighted by Gasteiger charge is 2.33. The van der Waals surface area contributed by atoms with Crippen molar-refractivity contribution in [2.45, 2.75) is 37.8 Å². The first-order valence-corrected chi connectivity index (χ1v) is 6.47. The van der Waals surface area contributed by atoms with Crippen LogP contribution in [0.5, 0.6) is 0 Å². The second-order valence-corrected chi connectivity index (χ2v) is 4.18. The van der Waals surface area contributed by atoms with Crippen molar-refractivity contribution in [2.75, 3.05) is 13.2 Å². The zero-order chi connectivity index (χ0) is 16.3. The molecule has 0 saturated heterocycles. The van der Waals surface area contributed by atoms with Crippen LogP contribution in [0, 0.1) is 0 Å². The van der Waals surface area contributed by atoms with Crippen molar-refractivity contribution in [3.63, 3.8) is 0 Å². The Bertz CT molecular complexity index is 286. The minimum atomic E-state index is -2.32. The van der Waals surface area contributed by atoms with Crippen LogP contribution in [0.4, 0.5) is 0 Å². The van der Waals surface area contributed by atoms with Gasteiger partial charge in [0, 0.05) is 0 Å². The van der Waals surface area contributed by atoms with Gasteiger partial charge in [0.25, 0.3) is 0 Å². The van der Waals surface area contributed by atoms with E-state index in [1.807, 2.05) is 6.92 Å². The zero-order valence-corrected chi connectivity index (χ0v) is 11.5. The van der Waals surface area contributed by atoms with Crippen molar-refractivity contribution in [3.05, 3.63) is 0 Å². The minimum absolute atomic E-state index is 0.288. The molecule has 0 aliphatic carbocycles. The summed E-state index contributed by atoms with van der Waals surface area (Å²) in [5.41, 5.74) is 0. The lowest BCUT2D eigenvalue weighted by molar-refractivity contribution is -0.164. The maximum Gasteiger partial charge on any atom is 0.335 e. The molecule has 5 atom stereocenters. The van der Waals surface area contributed by atoms with E-state index < -0.39 is 48.4 Å². The Balaban J connectivity index is 0. The molecule has 0 amide bonds. The predicted molar refractivity (Wildman–Crippen MR) is 63.9 cm³/mol. The molecule has 0 bridgehead atoms. The minimum Gasteiger partial charge on any atom is -0.750 e. The molecule has 0 spiro atoms. The van der Waals surface area contributed by atoms with Gasteiger partial charge in [0.05, 0.1) is 24.6 Å². The summed E-state index contributed by atoms with van der Waals surface area (Å²) in [4.78, 5) is 10.1. The molecule has 0 fully saturated rings. The van der Waals surface area contributed by atoms with E-state index in [-0.39, 0.29) is 6.61 Å². The normalized spacial score (nSPS) is 18.1. The first-order chi connectivity index (χ1) is 9.18. The first kappa shape index (κ1) is 21.6. The van der Waals surface area contributed by atoms with E-state index in [0.717, 1.165) is 6.42 Å². The SMILES string of the molecule is CCCOS(=O)[O-].O=C(O)[C@H](O)[C@@H](O)[C@H](O)[C@H](O)CO. The molecule has 11 heteroatoms. The summed E-state index contributed by atoms with van der Waals surface area (Å²) in [5.74, 6) is -1.73. The highest BCUT2D eigenvalue weighted by atomic mass is 32.2. The van der Waals surface area contributed by atoms with Crippen LogP contribution < -0.4 is 0 Å². The fourth-order valence-electron chi connectivity index (χ4n) is 0.820. The van der Waals surface area contributed by atoms with Gasteiger partial charge >= 0.3 is 5.97 Å². The van der Waals surface area contributed by atoms with Gasteiger partial charge in [-0.3, -0.25) is 0 Å². The molecule has 0 aromatic heterocycles. The van der Waals surface area contributed by atoms with Crippen molar-refractivity contribution in [3.8, 4) is 0 Å². The van der Waals surface area contributed by atoms with Gasteiger partial charge in [-0.2, -0.15) is 0 Å². The number of aliphatic hydroxyl groups is 5. The van der Waals surface area contributed by atoms with E-state index in [4.69, 9.17) is 30.6 Å². The largest absolute Gasteiger partial charge is 0.750 e. The van der Waals surface area contributed by atoms with Gasteiger partial charge < -0.3 is 39.4 Å². The van der Waals surface area contributed by atoms with Crippen LogP contribution in [-0.2, 0) is 20.3 Å². The van der Waals surface area contributed by atoms with E-state index in [2.05, 4.69) is 4.18 Å². The van der Waals surface area contributed by atoms with Crippen LogP contribution in [0.3, 0.4) is 0 Å². The van der Waals surface area contributed by atoms with Crippen LogP contribution in [-0.4, -0.2) is 83.0 Å². The highest BCUT2D eigenvalue weighted by Crippen LogP contribution is 2.04. The van der Waals surface area contributed by atoms with E-state index in [9.17, 15) is 13.6 Å². The lowest BCUT2D eigenvalue weighted by Crippen LogP contribution is -2.48. The summed E-state index contributed by atoms with van der Waals surface area (Å²) in [6, 6.07) is 0. The molecule has 0 heterocycles. The van der Waals surface area contributed by atoms with Crippen LogP contribution in [0.15, 0.2) is 0 Å². The van der Waals surface area contributed by atoms with Gasteiger partial charge in [0.2, 0.25) is 0 Å². The third kappa shape index (κ3) is 10.2. The Kier molecular flexibility index (Phi) is 13.1. The number of carboxylic acid groups (broad SMARTS) is 1. The first-order valence-electron chi connectivity index (χ1n) is 5.47. The summed E-state index contributed by atoms with van der Waals surface area (Å²) >= 11 is -2.32. The fourth-order valence-corrected chi connectivity index (χ4v) is 1.12. The Labute approximate surface area is 117 Å². The van der Waals surface area contributed by atoms with E-state index >= 15 is 0 Å². The maximum absolute atomic E-state index is 10.1. The van der Waals surface area contributed by atoms with Gasteiger partial charge in [-0.1, -0.05) is 6.92 Å². The average Bonchev–Trinajstić information content (AvgIpc) is 2.42. The molecular weight excluding hydrogens is 300 g/mol. The van der Waals surface area contributed by atoms with E-state index in [0.29, 0.717) is 0 Å². The van der Waals surface area contributed by atoms with Gasteiger partial charge in [-0.15, -0.1) is 0 Å². The number of aliphatic carboxylic acids is 1. The highest BCUT2D eigenvalue weighted by molar-refractivity contribution is 7.74. The number of hydrogen-bond donors (Lipinski definition) is 6. The monoisotopic (exact) mass is 319 g/mol. The molecule has 1 unspecified atom stereocenters. The van der Waals surface area contributed by atoms with Crippen molar-refractivity contribution in [2.24, 2.45) is 0 Å². The van der Waals surface area contributed by atoms with Gasteiger partial charge in [-0.05, 0) is 6.42 Å². The van der Waals surface area contributed by atoms with Crippen molar-refractivity contribution in [1.29, 1.82) is 0 Å². The van der Waals surface area contributed by atoms with Crippen LogP contribution in [0.25, 0.3) is 0 Å². The van der Waals surface area contributed by atoms with Crippen LogP contribution >= 0.6 is 0 Å². The molecule has 0 saturated carbocycles. The quantitative estimate of drug-likeness (QED) is 0.247. The number of aliphatic hydroxyl groups excluding tert-OH is 5. The molecule has 122 valence electrons. The van der Waals surface area contributed by atoms with Gasteiger partial charge in [0.1, 0.15) is 18.3 Å². The smallest absolute Gasteiger partial charge is 0.335 e. The molecule has 0 radical (unpaired) electrons. The maximum atomic E-state index is 10.1. The van der Waals surface area contributed by atoms with Crippen molar-refractivity contribution >= 4 is 17.3 Å². The Morgan fingerprint density at radius 1 is 1.25 bits per heavy atom. The van der Waals surface area contributed by atoms with Crippen molar-refractivity contribution < 1.29 is 48.4 Å². The molecule has 10 nitrogen and oxygen atoms in total. The molecule has 0 aromatic rings. The fraction of sp³-hybridized carbons (Fsp3) is 0.889. The number of carbonyl (C=O) groups is 1. The topological polar surface area (TPSA) is 188 Å². The molecule has 6 N–H and O–H groups in total. The number of carboxylic acids is 1. The number of hydrogen-bond acceptors (Lipinski definition) is 9. The third-order valence-electron chi connectivity index (χ3n) is 1.89. The van der Waals surface area contributed by atoms with E-state index in [1.54, 1.807) is 0 Å². The van der Waals surface area contributed by atoms with E-state index in [1.165, 1.54) is 0 Å². The summed E-state index contributed by atoms with van der Waals surface area (Å²) in [6.07, 6.45) is -7.11. The molecule has 0 aromatic carbocycles. The number of rotatable bonds is 8. The van der Waals surface area contributed by atoms with Crippen LogP contribution in [0.1, 0.15) is 13.3 Å². The Morgan fingerprint density at radius 2 is 1.75 bits per heavy atom. The molecular formula is C9H19O10S-. The van der Waals surface area contributed by atoms with Gasteiger partial charge in [0.15, 0.2) is 6.10 Å². The molecule has 0 aliphatic rings. The standard InChI is InChI=1S/C6H12O7.C3H8O3S/c7-1-2(8)3(9)4(10)5(11)6(12)13;1-2-3-6-7(4)5/h2-5,7-11H,1H2,(H,12,13);2-3H2,1H3,(H,4,5)/p-1/t2-,3-,4+,5-;/m1./s1. The zero-order valence-electron chi connectivity index (χ0n) is 10.7. The van der Waals surface area contributed by atoms with Gasteiger partial charge in [-0.25, -0.2) is 9.00 Å². The molecule has 0 rings (SSSR count). The Morgan fingerprint density at radius 3 is 2.00 bits per heavy atom. The molecule has 0 aliphatic heterocycles. The second-order valence-electron chi connectivity index (χ2n) is 3.54. The molecule has 20 heavy (non-hydrogen) atoms.